The number of nitrogens with zero attached hydrogens (tertiary/aromatic N) is 4. The van der Waals surface area contributed by atoms with Crippen molar-refractivity contribution in [1.29, 1.82) is 0 Å². The Kier molecular flexibility index (Phi) is 6.48. The maximum Gasteiger partial charge on any atom is 0.267 e. The Hall–Kier alpha value is -2.65. The minimum absolute atomic E-state index is 0.0412. The van der Waals surface area contributed by atoms with Crippen molar-refractivity contribution in [2.45, 2.75) is 57.3 Å². The van der Waals surface area contributed by atoms with E-state index in [4.69, 9.17) is 4.98 Å². The minimum atomic E-state index is -0.105. The van der Waals surface area contributed by atoms with Gasteiger partial charge in [-0.2, -0.15) is 0 Å². The summed E-state index contributed by atoms with van der Waals surface area (Å²) >= 11 is 2.82. The van der Waals surface area contributed by atoms with E-state index in [1.807, 2.05) is 40.1 Å². The number of carbonyl (C=O) groups is 2. The number of rotatable bonds is 4. The third kappa shape index (κ3) is 4.27. The van der Waals surface area contributed by atoms with Gasteiger partial charge in [-0.3, -0.25) is 19.0 Å². The number of piperidine rings is 1. The lowest BCUT2D eigenvalue weighted by Crippen LogP contribution is -2.43. The number of thioether (sulfide) groups is 1. The smallest absolute Gasteiger partial charge is 0.267 e. The number of amides is 2. The van der Waals surface area contributed by atoms with Crippen molar-refractivity contribution in [3.05, 3.63) is 51.1 Å². The van der Waals surface area contributed by atoms with Gasteiger partial charge in [-0.05, 0) is 50.3 Å². The second-order valence-electron chi connectivity index (χ2n) is 8.97. The first-order chi connectivity index (χ1) is 16.4. The van der Waals surface area contributed by atoms with Crippen LogP contribution in [-0.2, 0) is 22.6 Å². The first-order valence-corrected chi connectivity index (χ1v) is 13.5. The lowest BCUT2D eigenvalue weighted by Gasteiger charge is -2.33. The van der Waals surface area contributed by atoms with Crippen molar-refractivity contribution in [3.8, 4) is 5.69 Å². The van der Waals surface area contributed by atoms with Gasteiger partial charge in [0.1, 0.15) is 4.83 Å². The van der Waals surface area contributed by atoms with Crippen LogP contribution in [0.4, 0.5) is 0 Å². The highest BCUT2D eigenvalue weighted by Crippen LogP contribution is 2.34. The van der Waals surface area contributed by atoms with Crippen molar-refractivity contribution in [1.82, 2.24) is 19.4 Å². The molecule has 1 aromatic carbocycles. The van der Waals surface area contributed by atoms with Gasteiger partial charge in [0.05, 0.1) is 23.4 Å². The monoisotopic (exact) mass is 496 g/mol. The van der Waals surface area contributed by atoms with Gasteiger partial charge in [-0.25, -0.2) is 4.98 Å². The van der Waals surface area contributed by atoms with E-state index in [-0.39, 0.29) is 29.2 Å². The van der Waals surface area contributed by atoms with Crippen LogP contribution >= 0.6 is 23.1 Å². The maximum atomic E-state index is 13.8. The third-order valence-electron chi connectivity index (χ3n) is 6.75. The molecule has 3 aromatic rings. The summed E-state index contributed by atoms with van der Waals surface area (Å²) < 4.78 is 1.64. The number of likely N-dealkylation sites (tertiary alicyclic amines) is 1. The molecule has 9 heteroatoms. The molecule has 1 fully saturated rings. The molecule has 0 unspecified atom stereocenters. The lowest BCUT2D eigenvalue weighted by atomic mass is 10.0. The summed E-state index contributed by atoms with van der Waals surface area (Å²) in [5, 5.41) is 1.18. The summed E-state index contributed by atoms with van der Waals surface area (Å²) in [5.74, 6) is 0.381. The molecular weight excluding hydrogens is 468 g/mol. The average Bonchev–Trinajstić information content (AvgIpc) is 3.21. The summed E-state index contributed by atoms with van der Waals surface area (Å²) in [5.41, 5.74) is 1.64. The van der Waals surface area contributed by atoms with Crippen LogP contribution in [0, 0.1) is 0 Å². The molecule has 5 rings (SSSR count). The lowest BCUT2D eigenvalue weighted by molar-refractivity contribution is -0.131. The number of aromatic nitrogens is 2. The zero-order valence-corrected chi connectivity index (χ0v) is 21.1. The molecule has 0 bridgehead atoms. The largest absolute Gasteiger partial charge is 0.339 e. The standard InChI is InChI=1S/C25H28N4O3S2/c1-16-8-6-7-12-28(16)21(31)15-33-25-26-23-22(24(32)29(25)18-9-4-3-5-10-18)19-11-13-27(17(2)30)14-20(19)34-23/h3-5,9-10,16H,6-8,11-15H2,1-2H3/t16-/m1/s1. The quantitative estimate of drug-likeness (QED) is 0.405. The summed E-state index contributed by atoms with van der Waals surface area (Å²) in [6.45, 7) is 5.60. The van der Waals surface area contributed by atoms with Gasteiger partial charge in [0, 0.05) is 30.9 Å². The van der Waals surface area contributed by atoms with Crippen molar-refractivity contribution < 1.29 is 9.59 Å². The number of thiophene rings is 1. The highest BCUT2D eigenvalue weighted by Gasteiger charge is 2.28. The number of benzene rings is 1. The Morgan fingerprint density at radius 2 is 1.97 bits per heavy atom. The van der Waals surface area contributed by atoms with Crippen LogP contribution in [0.15, 0.2) is 40.3 Å². The Morgan fingerprint density at radius 3 is 2.71 bits per heavy atom. The van der Waals surface area contributed by atoms with Crippen LogP contribution in [0.2, 0.25) is 0 Å². The zero-order valence-electron chi connectivity index (χ0n) is 19.5. The second kappa shape index (κ2) is 9.54. The van der Waals surface area contributed by atoms with Crippen molar-refractivity contribution in [3.63, 3.8) is 0 Å². The van der Waals surface area contributed by atoms with E-state index >= 15 is 0 Å². The van der Waals surface area contributed by atoms with Gasteiger partial charge in [0.2, 0.25) is 11.8 Å². The van der Waals surface area contributed by atoms with Crippen LogP contribution in [-0.4, -0.2) is 56.0 Å². The number of fused-ring (bicyclic) bond motifs is 3. The number of hydrogen-bond donors (Lipinski definition) is 0. The average molecular weight is 497 g/mol. The van der Waals surface area contributed by atoms with E-state index in [9.17, 15) is 14.4 Å². The number of para-hydroxylation sites is 1. The van der Waals surface area contributed by atoms with Gasteiger partial charge >= 0.3 is 0 Å². The van der Waals surface area contributed by atoms with Gasteiger partial charge in [-0.15, -0.1) is 11.3 Å². The predicted octanol–water partition coefficient (Wildman–Crippen LogP) is 3.84. The SMILES string of the molecule is CC(=O)N1CCc2c(sc3nc(SCC(=O)N4CCCC[C@H]4C)n(-c4ccccc4)c(=O)c23)C1. The first kappa shape index (κ1) is 23.1. The molecule has 1 saturated heterocycles. The van der Waals surface area contributed by atoms with E-state index in [1.165, 1.54) is 23.1 Å². The highest BCUT2D eigenvalue weighted by molar-refractivity contribution is 7.99. The molecular formula is C25H28N4O3S2. The molecule has 4 heterocycles. The molecule has 0 radical (unpaired) electrons. The molecule has 0 N–H and O–H groups in total. The molecule has 0 spiro atoms. The minimum Gasteiger partial charge on any atom is -0.339 e. The summed E-state index contributed by atoms with van der Waals surface area (Å²) in [6.07, 6.45) is 3.89. The zero-order chi connectivity index (χ0) is 23.8. The van der Waals surface area contributed by atoms with E-state index in [1.54, 1.807) is 11.5 Å². The van der Waals surface area contributed by atoms with Gasteiger partial charge in [-0.1, -0.05) is 30.0 Å². The highest BCUT2D eigenvalue weighted by atomic mass is 32.2. The summed E-state index contributed by atoms with van der Waals surface area (Å²) in [7, 11) is 0. The van der Waals surface area contributed by atoms with Crippen LogP contribution in [0.25, 0.3) is 15.9 Å². The van der Waals surface area contributed by atoms with Crippen molar-refractivity contribution in [2.24, 2.45) is 0 Å². The molecule has 2 aliphatic rings. The summed E-state index contributed by atoms with van der Waals surface area (Å²) in [4.78, 5) is 49.1. The third-order valence-corrected chi connectivity index (χ3v) is 8.79. The molecule has 7 nitrogen and oxygen atoms in total. The first-order valence-electron chi connectivity index (χ1n) is 11.7. The maximum absolute atomic E-state index is 13.8. The molecule has 34 heavy (non-hydrogen) atoms. The van der Waals surface area contributed by atoms with Crippen LogP contribution in [0.5, 0.6) is 0 Å². The predicted molar refractivity (Wildman–Crippen MR) is 136 cm³/mol. The van der Waals surface area contributed by atoms with E-state index < -0.39 is 0 Å². The Morgan fingerprint density at radius 1 is 1.18 bits per heavy atom. The van der Waals surface area contributed by atoms with E-state index in [2.05, 4.69) is 6.92 Å². The molecule has 178 valence electrons. The Bertz CT molecular complexity index is 1300. The Labute approximate surface area is 206 Å². The fourth-order valence-electron chi connectivity index (χ4n) is 4.87. The van der Waals surface area contributed by atoms with Crippen LogP contribution < -0.4 is 5.56 Å². The van der Waals surface area contributed by atoms with Crippen molar-refractivity contribution >= 4 is 45.1 Å². The fourth-order valence-corrected chi connectivity index (χ4v) is 7.05. The van der Waals surface area contributed by atoms with Gasteiger partial charge in [0.15, 0.2) is 5.16 Å². The topological polar surface area (TPSA) is 75.5 Å². The molecule has 2 amide bonds. The van der Waals surface area contributed by atoms with E-state index in [0.717, 1.165) is 41.9 Å². The van der Waals surface area contributed by atoms with Gasteiger partial charge < -0.3 is 9.80 Å². The fraction of sp³-hybridized carbons (Fsp3) is 0.440. The summed E-state index contributed by atoms with van der Waals surface area (Å²) in [6, 6.07) is 9.75. The normalized spacial score (nSPS) is 18.2. The Balaban J connectivity index is 1.54. The molecule has 1 atom stereocenters. The molecule has 2 aromatic heterocycles. The van der Waals surface area contributed by atoms with Crippen molar-refractivity contribution in [2.75, 3.05) is 18.8 Å². The van der Waals surface area contributed by atoms with Crippen LogP contribution in [0.1, 0.15) is 43.6 Å². The van der Waals surface area contributed by atoms with E-state index in [0.29, 0.717) is 34.9 Å². The second-order valence-corrected chi connectivity index (χ2v) is 11.0. The number of carbonyl (C=O) groups excluding carboxylic acids is 2. The molecule has 2 aliphatic heterocycles. The number of hydrogen-bond acceptors (Lipinski definition) is 6. The molecule has 0 saturated carbocycles. The van der Waals surface area contributed by atoms with Crippen LogP contribution in [0.3, 0.4) is 0 Å². The van der Waals surface area contributed by atoms with Gasteiger partial charge in [0.25, 0.3) is 5.56 Å². The molecule has 0 aliphatic carbocycles.